The molecule has 1 fully saturated rings. The van der Waals surface area contributed by atoms with E-state index in [1.165, 1.54) is 21.3 Å². The van der Waals surface area contributed by atoms with Crippen molar-refractivity contribution in [3.8, 4) is 0 Å². The number of carbonyl (C=O) groups excluding carboxylic acids is 2. The van der Waals surface area contributed by atoms with Gasteiger partial charge in [0.2, 0.25) is 15.9 Å². The maximum atomic E-state index is 12.4. The van der Waals surface area contributed by atoms with Crippen LogP contribution in [-0.2, 0) is 19.6 Å². The third-order valence-corrected chi connectivity index (χ3v) is 5.18. The van der Waals surface area contributed by atoms with Crippen LogP contribution in [-0.4, -0.2) is 55.7 Å². The van der Waals surface area contributed by atoms with Crippen LogP contribution >= 0.6 is 0 Å². The van der Waals surface area contributed by atoms with Crippen molar-refractivity contribution < 1.29 is 23.1 Å². The average Bonchev–Trinajstić information content (AvgIpc) is 2.47. The second kappa shape index (κ2) is 6.23. The number of carboxylic acids is 1. The lowest BCUT2D eigenvalue weighted by atomic mass is 10.3. The Morgan fingerprint density at radius 3 is 2.14 bits per heavy atom. The molecule has 1 aromatic carbocycles. The Morgan fingerprint density at radius 2 is 1.62 bits per heavy atom. The molecule has 0 aliphatic carbocycles. The molecule has 0 bridgehead atoms. The molecule has 0 unspecified atom stereocenters. The van der Waals surface area contributed by atoms with E-state index in [1.807, 2.05) is 0 Å². The molecule has 1 amide bonds. The molecule has 0 atom stereocenters. The predicted octanol–water partition coefficient (Wildman–Crippen LogP) is -1.34. The van der Waals surface area contributed by atoms with Gasteiger partial charge in [0.15, 0.2) is 0 Å². The molecular weight excluding hydrogens is 296 g/mol. The van der Waals surface area contributed by atoms with Gasteiger partial charge in [0.05, 0.1) is 17.3 Å². The summed E-state index contributed by atoms with van der Waals surface area (Å²) < 4.78 is 26.0. The van der Waals surface area contributed by atoms with Crippen LogP contribution in [0, 0.1) is 0 Å². The molecule has 0 aromatic heterocycles. The molecule has 0 radical (unpaired) electrons. The molecule has 0 spiro atoms. The van der Waals surface area contributed by atoms with Crippen molar-refractivity contribution >= 4 is 21.9 Å². The molecule has 1 saturated heterocycles. The van der Waals surface area contributed by atoms with Gasteiger partial charge in [-0.05, 0) is 12.1 Å². The molecule has 1 aromatic rings. The highest BCUT2D eigenvalue weighted by Gasteiger charge is 2.29. The first-order valence-corrected chi connectivity index (χ1v) is 7.88. The van der Waals surface area contributed by atoms with Gasteiger partial charge in [-0.15, -0.1) is 0 Å². The van der Waals surface area contributed by atoms with E-state index >= 15 is 0 Å². The summed E-state index contributed by atoms with van der Waals surface area (Å²) in [7, 11) is -3.57. The van der Waals surface area contributed by atoms with Crippen LogP contribution in [0.4, 0.5) is 0 Å². The number of hydrogen-bond acceptors (Lipinski definition) is 5. The largest absolute Gasteiger partial charge is 0.550 e. The van der Waals surface area contributed by atoms with E-state index < -0.39 is 28.3 Å². The minimum atomic E-state index is -3.57. The maximum absolute atomic E-state index is 12.4. The first-order chi connectivity index (χ1) is 9.91. The SMILES string of the molecule is O=C([O-])CC(=O)N1CCN(S(=O)(=O)c2ccccc2)CC1. The Bertz CT molecular complexity index is 621. The minimum Gasteiger partial charge on any atom is -0.550 e. The topological polar surface area (TPSA) is 97.8 Å². The number of rotatable bonds is 4. The standard InChI is InChI=1S/C13H16N2O5S/c16-12(10-13(17)18)14-6-8-15(9-7-14)21(19,20)11-4-2-1-3-5-11/h1-5H,6-10H2,(H,17,18)/p-1. The van der Waals surface area contributed by atoms with Gasteiger partial charge in [-0.25, -0.2) is 8.42 Å². The first kappa shape index (κ1) is 15.5. The highest BCUT2D eigenvalue weighted by molar-refractivity contribution is 7.89. The molecular formula is C13H15N2O5S-. The lowest BCUT2D eigenvalue weighted by Gasteiger charge is -2.34. The van der Waals surface area contributed by atoms with Crippen molar-refractivity contribution in [2.24, 2.45) is 0 Å². The summed E-state index contributed by atoms with van der Waals surface area (Å²) >= 11 is 0. The third kappa shape index (κ3) is 3.59. The number of carbonyl (C=O) groups is 2. The summed E-state index contributed by atoms with van der Waals surface area (Å²) in [6, 6.07) is 8.06. The summed E-state index contributed by atoms with van der Waals surface area (Å²) in [4.78, 5) is 23.5. The Labute approximate surface area is 122 Å². The molecule has 1 aliphatic rings. The number of nitrogens with zero attached hydrogens (tertiary/aromatic N) is 2. The number of aliphatic carboxylic acids is 1. The van der Waals surface area contributed by atoms with Gasteiger partial charge in [0.1, 0.15) is 0 Å². The van der Waals surface area contributed by atoms with Crippen LogP contribution in [0.1, 0.15) is 6.42 Å². The zero-order valence-corrected chi connectivity index (χ0v) is 12.1. The normalized spacial score (nSPS) is 16.7. The predicted molar refractivity (Wildman–Crippen MR) is 71.4 cm³/mol. The lowest BCUT2D eigenvalue weighted by molar-refractivity contribution is -0.304. The molecule has 7 nitrogen and oxygen atoms in total. The number of benzene rings is 1. The van der Waals surface area contributed by atoms with E-state index in [0.717, 1.165) is 0 Å². The van der Waals surface area contributed by atoms with Gasteiger partial charge in [0, 0.05) is 26.2 Å². The molecule has 114 valence electrons. The van der Waals surface area contributed by atoms with Gasteiger partial charge in [-0.2, -0.15) is 4.31 Å². The second-order valence-electron chi connectivity index (χ2n) is 4.65. The Hall–Kier alpha value is -1.93. The fraction of sp³-hybridized carbons (Fsp3) is 0.385. The summed E-state index contributed by atoms with van der Waals surface area (Å²) in [6.07, 6.45) is -0.675. The van der Waals surface area contributed by atoms with Crippen LogP contribution in [0.25, 0.3) is 0 Å². The molecule has 0 saturated carbocycles. The molecule has 8 heteroatoms. The van der Waals surface area contributed by atoms with Crippen LogP contribution in [0.15, 0.2) is 35.2 Å². The second-order valence-corrected chi connectivity index (χ2v) is 6.58. The molecule has 1 heterocycles. The van der Waals surface area contributed by atoms with E-state index in [-0.39, 0.29) is 31.1 Å². The number of piperazine rings is 1. The minimum absolute atomic E-state index is 0.149. The van der Waals surface area contributed by atoms with Crippen molar-refractivity contribution in [3.05, 3.63) is 30.3 Å². The first-order valence-electron chi connectivity index (χ1n) is 6.44. The number of carboxylic acid groups (broad SMARTS) is 1. The van der Waals surface area contributed by atoms with Crippen LogP contribution in [0.5, 0.6) is 0 Å². The Morgan fingerprint density at radius 1 is 1.05 bits per heavy atom. The number of hydrogen-bond donors (Lipinski definition) is 0. The average molecular weight is 311 g/mol. The summed E-state index contributed by atoms with van der Waals surface area (Å²) in [5.41, 5.74) is 0. The van der Waals surface area contributed by atoms with Crippen molar-refractivity contribution in [2.75, 3.05) is 26.2 Å². The lowest BCUT2D eigenvalue weighted by Crippen LogP contribution is -2.51. The zero-order chi connectivity index (χ0) is 15.5. The Balaban J connectivity index is 2.01. The maximum Gasteiger partial charge on any atom is 0.243 e. The van der Waals surface area contributed by atoms with Gasteiger partial charge in [-0.1, -0.05) is 18.2 Å². The Kier molecular flexibility index (Phi) is 4.59. The fourth-order valence-corrected chi connectivity index (χ4v) is 3.60. The van der Waals surface area contributed by atoms with Crippen LogP contribution in [0.2, 0.25) is 0 Å². The van der Waals surface area contributed by atoms with Crippen molar-refractivity contribution in [1.29, 1.82) is 0 Å². The fourth-order valence-electron chi connectivity index (χ4n) is 2.15. The van der Waals surface area contributed by atoms with E-state index in [0.29, 0.717) is 0 Å². The molecule has 1 aliphatic heterocycles. The summed E-state index contributed by atoms with van der Waals surface area (Å²) in [6.45, 7) is 0.655. The molecule has 2 rings (SSSR count). The quantitative estimate of drug-likeness (QED) is 0.641. The van der Waals surface area contributed by atoms with Crippen molar-refractivity contribution in [1.82, 2.24) is 9.21 Å². The monoisotopic (exact) mass is 311 g/mol. The smallest absolute Gasteiger partial charge is 0.243 e. The van der Waals surface area contributed by atoms with E-state index in [1.54, 1.807) is 18.2 Å². The third-order valence-electron chi connectivity index (χ3n) is 3.27. The van der Waals surface area contributed by atoms with Crippen molar-refractivity contribution in [3.63, 3.8) is 0 Å². The van der Waals surface area contributed by atoms with Gasteiger partial charge in [-0.3, -0.25) is 4.79 Å². The number of sulfonamides is 1. The van der Waals surface area contributed by atoms with Gasteiger partial charge < -0.3 is 14.8 Å². The van der Waals surface area contributed by atoms with Crippen LogP contribution < -0.4 is 5.11 Å². The van der Waals surface area contributed by atoms with Gasteiger partial charge in [0.25, 0.3) is 0 Å². The summed E-state index contributed by atoms with van der Waals surface area (Å²) in [5, 5.41) is 10.4. The van der Waals surface area contributed by atoms with Gasteiger partial charge >= 0.3 is 0 Å². The van der Waals surface area contributed by atoms with Crippen LogP contribution in [0.3, 0.4) is 0 Å². The zero-order valence-electron chi connectivity index (χ0n) is 11.3. The highest BCUT2D eigenvalue weighted by Crippen LogP contribution is 2.17. The molecule has 21 heavy (non-hydrogen) atoms. The number of amides is 1. The van der Waals surface area contributed by atoms with Crippen molar-refractivity contribution in [2.45, 2.75) is 11.3 Å². The van der Waals surface area contributed by atoms with E-state index in [4.69, 9.17) is 0 Å². The van der Waals surface area contributed by atoms with E-state index in [9.17, 15) is 23.1 Å². The molecule has 0 N–H and O–H groups in total. The highest BCUT2D eigenvalue weighted by atomic mass is 32.2. The van der Waals surface area contributed by atoms with E-state index in [2.05, 4.69) is 0 Å². The summed E-state index contributed by atoms with van der Waals surface area (Å²) in [5.74, 6) is -1.98.